The molecule has 0 saturated carbocycles. The van der Waals surface area contributed by atoms with E-state index in [4.69, 9.17) is 4.74 Å². The van der Waals surface area contributed by atoms with E-state index in [0.717, 1.165) is 0 Å². The first-order chi connectivity index (χ1) is 11.5. The van der Waals surface area contributed by atoms with Crippen molar-refractivity contribution in [3.8, 4) is 5.75 Å². The molecule has 0 aromatic heterocycles. The Bertz CT molecular complexity index is 751. The van der Waals surface area contributed by atoms with Crippen LogP contribution in [-0.4, -0.2) is 23.0 Å². The quantitative estimate of drug-likeness (QED) is 0.369. The molecule has 0 unspecified atom stereocenters. The fourth-order valence-electron chi connectivity index (χ4n) is 2.00. The van der Waals surface area contributed by atoms with Crippen LogP contribution < -0.4 is 5.32 Å². The minimum absolute atomic E-state index is 0.0385. The molecule has 0 radical (unpaired) electrons. The second-order valence-electron chi connectivity index (χ2n) is 5.38. The highest BCUT2D eigenvalue weighted by Crippen LogP contribution is 2.26. The van der Waals surface area contributed by atoms with Gasteiger partial charge < -0.3 is 15.2 Å². The van der Waals surface area contributed by atoms with Crippen molar-refractivity contribution in [2.75, 3.05) is 5.32 Å². The number of ether oxygens (including phenoxy) is 1. The Hall–Kier alpha value is -3.08. The minimum atomic E-state index is -0.919. The highest BCUT2D eigenvalue weighted by atomic mass is 16.5. The summed E-state index contributed by atoms with van der Waals surface area (Å²) < 4.78 is 4.91. The van der Waals surface area contributed by atoms with Crippen molar-refractivity contribution in [1.82, 2.24) is 0 Å². The molecule has 0 amide bonds. The van der Waals surface area contributed by atoms with E-state index in [1.807, 2.05) is 18.2 Å². The lowest BCUT2D eigenvalue weighted by molar-refractivity contribution is -0.154. The summed E-state index contributed by atoms with van der Waals surface area (Å²) in [6.45, 7) is 3.35. The van der Waals surface area contributed by atoms with E-state index in [-0.39, 0.29) is 11.9 Å². The topological polar surface area (TPSA) is 75.6 Å². The normalized spacial score (nSPS) is 11.2. The van der Waals surface area contributed by atoms with Gasteiger partial charge >= 0.3 is 5.97 Å². The first-order valence-electron chi connectivity index (χ1n) is 7.54. The van der Waals surface area contributed by atoms with Crippen molar-refractivity contribution in [2.24, 2.45) is 0 Å². The van der Waals surface area contributed by atoms with Gasteiger partial charge in [-0.2, -0.15) is 0 Å². The van der Waals surface area contributed by atoms with E-state index in [1.165, 1.54) is 12.1 Å². The van der Waals surface area contributed by atoms with Crippen molar-refractivity contribution >= 4 is 23.1 Å². The molecule has 2 N–H and O–H groups in total. The molecule has 0 atom stereocenters. The predicted molar refractivity (Wildman–Crippen MR) is 92.4 cm³/mol. The maximum atomic E-state index is 12.1. The first-order valence-corrected chi connectivity index (χ1v) is 7.54. The molecule has 0 aliphatic heterocycles. The van der Waals surface area contributed by atoms with Crippen molar-refractivity contribution < 1.29 is 19.4 Å². The zero-order chi connectivity index (χ0) is 17.5. The number of nitrogens with one attached hydrogen (secondary N) is 1. The number of esters is 1. The van der Waals surface area contributed by atoms with Gasteiger partial charge in [0.15, 0.2) is 0 Å². The second kappa shape index (κ2) is 7.97. The van der Waals surface area contributed by atoms with Gasteiger partial charge in [0.1, 0.15) is 5.75 Å². The molecular weight excluding hydrogens is 306 g/mol. The maximum absolute atomic E-state index is 12.1. The molecule has 0 saturated heterocycles. The Morgan fingerprint density at radius 1 is 1.04 bits per heavy atom. The predicted octanol–water partition coefficient (Wildman–Crippen LogP) is 3.37. The van der Waals surface area contributed by atoms with Gasteiger partial charge in [-0.3, -0.25) is 4.79 Å². The largest absolute Gasteiger partial charge is 0.506 e. The second-order valence-corrected chi connectivity index (χ2v) is 5.38. The molecule has 5 heteroatoms. The summed E-state index contributed by atoms with van der Waals surface area (Å²) in [6, 6.07) is 15.7. The van der Waals surface area contributed by atoms with Crippen LogP contribution in [0.25, 0.3) is 5.70 Å². The molecule has 0 bridgehead atoms. The van der Waals surface area contributed by atoms with Gasteiger partial charge in [-0.25, -0.2) is 4.79 Å². The Morgan fingerprint density at radius 2 is 1.67 bits per heavy atom. The standard InChI is InChI=1S/C19H19NO4/c1-13(2)24-19(23)18(22)12-16(14-8-4-3-5-9-14)20-15-10-6-7-11-17(15)21/h3-13,20-21H,1-2H3. The van der Waals surface area contributed by atoms with E-state index in [2.05, 4.69) is 5.32 Å². The van der Waals surface area contributed by atoms with Crippen LogP contribution in [0.2, 0.25) is 0 Å². The van der Waals surface area contributed by atoms with Gasteiger partial charge in [0.2, 0.25) is 0 Å². The fourth-order valence-corrected chi connectivity index (χ4v) is 2.00. The summed E-state index contributed by atoms with van der Waals surface area (Å²) in [5.74, 6) is -1.65. The van der Waals surface area contributed by atoms with Gasteiger partial charge in [-0.1, -0.05) is 42.5 Å². The number of rotatable bonds is 6. The molecule has 24 heavy (non-hydrogen) atoms. The highest BCUT2D eigenvalue weighted by molar-refractivity contribution is 6.39. The molecule has 0 spiro atoms. The minimum Gasteiger partial charge on any atom is -0.506 e. The molecule has 2 aromatic rings. The third-order valence-electron chi connectivity index (χ3n) is 3.08. The van der Waals surface area contributed by atoms with Crippen LogP contribution in [0.3, 0.4) is 0 Å². The number of phenols is 1. The monoisotopic (exact) mass is 325 g/mol. The number of para-hydroxylation sites is 2. The van der Waals surface area contributed by atoms with E-state index in [0.29, 0.717) is 16.9 Å². The zero-order valence-corrected chi connectivity index (χ0v) is 13.5. The van der Waals surface area contributed by atoms with Crippen molar-refractivity contribution in [3.63, 3.8) is 0 Å². The summed E-state index contributed by atoms with van der Waals surface area (Å²) in [5, 5.41) is 12.9. The number of ketones is 1. The molecule has 2 rings (SSSR count). The third-order valence-corrected chi connectivity index (χ3v) is 3.08. The molecular formula is C19H19NO4. The number of benzene rings is 2. The summed E-state index contributed by atoms with van der Waals surface area (Å²) in [5.41, 5.74) is 1.52. The zero-order valence-electron chi connectivity index (χ0n) is 13.5. The smallest absolute Gasteiger partial charge is 0.379 e. The third kappa shape index (κ3) is 4.71. The van der Waals surface area contributed by atoms with Crippen LogP contribution in [0, 0.1) is 0 Å². The summed E-state index contributed by atoms with van der Waals surface area (Å²) in [6.07, 6.45) is 0.799. The number of carbonyl (C=O) groups is 2. The van der Waals surface area contributed by atoms with Crippen molar-refractivity contribution in [3.05, 3.63) is 66.2 Å². The van der Waals surface area contributed by atoms with Crippen LogP contribution in [-0.2, 0) is 14.3 Å². The van der Waals surface area contributed by atoms with E-state index >= 15 is 0 Å². The van der Waals surface area contributed by atoms with Gasteiger partial charge in [-0.15, -0.1) is 0 Å². The van der Waals surface area contributed by atoms with Gasteiger partial charge in [0.25, 0.3) is 5.78 Å². The Morgan fingerprint density at radius 3 is 2.29 bits per heavy atom. The Balaban J connectivity index is 2.33. The van der Waals surface area contributed by atoms with E-state index < -0.39 is 11.8 Å². The summed E-state index contributed by atoms with van der Waals surface area (Å²) in [7, 11) is 0. The van der Waals surface area contributed by atoms with Crippen LogP contribution in [0.1, 0.15) is 19.4 Å². The number of carbonyl (C=O) groups excluding carboxylic acids is 2. The number of aromatic hydroxyl groups is 1. The molecule has 0 aliphatic carbocycles. The molecule has 0 aliphatic rings. The van der Waals surface area contributed by atoms with E-state index in [1.54, 1.807) is 44.2 Å². The van der Waals surface area contributed by atoms with Crippen LogP contribution in [0.5, 0.6) is 5.75 Å². The fraction of sp³-hybridized carbons (Fsp3) is 0.158. The van der Waals surface area contributed by atoms with Crippen molar-refractivity contribution in [2.45, 2.75) is 20.0 Å². The highest BCUT2D eigenvalue weighted by Gasteiger charge is 2.16. The van der Waals surface area contributed by atoms with Crippen molar-refractivity contribution in [1.29, 1.82) is 0 Å². The first kappa shape index (κ1) is 17.3. The summed E-state index contributed by atoms with van der Waals surface area (Å²) in [4.78, 5) is 23.8. The van der Waals surface area contributed by atoms with Gasteiger partial charge in [0, 0.05) is 6.08 Å². The average Bonchev–Trinajstić information content (AvgIpc) is 2.56. The Kier molecular flexibility index (Phi) is 5.73. The maximum Gasteiger partial charge on any atom is 0.379 e. The number of phenolic OH excluding ortho intramolecular Hbond substituents is 1. The molecule has 124 valence electrons. The average molecular weight is 325 g/mol. The number of hydrogen-bond donors (Lipinski definition) is 2. The SMILES string of the molecule is CC(C)OC(=O)C(=O)C=C(Nc1ccccc1O)c1ccccc1. The number of hydrogen-bond acceptors (Lipinski definition) is 5. The van der Waals surface area contributed by atoms with Crippen LogP contribution >= 0.6 is 0 Å². The molecule has 0 heterocycles. The summed E-state index contributed by atoms with van der Waals surface area (Å²) >= 11 is 0. The lowest BCUT2D eigenvalue weighted by Crippen LogP contribution is -2.20. The van der Waals surface area contributed by atoms with Gasteiger partial charge in [0.05, 0.1) is 17.5 Å². The molecule has 5 nitrogen and oxygen atoms in total. The van der Waals surface area contributed by atoms with Crippen LogP contribution in [0.15, 0.2) is 60.7 Å². The molecule has 0 fully saturated rings. The van der Waals surface area contributed by atoms with Crippen LogP contribution in [0.4, 0.5) is 5.69 Å². The Labute approximate surface area is 140 Å². The lowest BCUT2D eigenvalue weighted by Gasteiger charge is -2.13. The van der Waals surface area contributed by atoms with E-state index in [9.17, 15) is 14.7 Å². The number of anilines is 1. The lowest BCUT2D eigenvalue weighted by atomic mass is 10.1. The van der Waals surface area contributed by atoms with Gasteiger partial charge in [-0.05, 0) is 31.5 Å². The molecule has 2 aromatic carbocycles.